The summed E-state index contributed by atoms with van der Waals surface area (Å²) in [7, 11) is 1.62. The van der Waals surface area contributed by atoms with Crippen LogP contribution in [-0.2, 0) is 16.0 Å². The number of carbonyl (C=O) groups is 2. The number of rotatable bonds is 6. The van der Waals surface area contributed by atoms with Crippen LogP contribution in [-0.4, -0.2) is 48.1 Å². The molecule has 1 aliphatic heterocycles. The fraction of sp³-hybridized carbons (Fsp3) is 0.636. The number of benzene rings is 1. The number of amides is 1. The second-order valence-electron chi connectivity index (χ2n) is 8.28. The lowest BCUT2D eigenvalue weighted by Gasteiger charge is -2.45. The highest BCUT2D eigenvalue weighted by Gasteiger charge is 2.48. The molecule has 0 radical (unpaired) electrons. The number of methoxy groups -OCH3 is 1. The van der Waals surface area contributed by atoms with E-state index in [-0.39, 0.29) is 11.8 Å². The summed E-state index contributed by atoms with van der Waals surface area (Å²) in [6.07, 6.45) is 6.98. The summed E-state index contributed by atoms with van der Waals surface area (Å²) >= 11 is 0. The molecule has 1 amide bonds. The quantitative estimate of drug-likeness (QED) is 0.782. The van der Waals surface area contributed by atoms with Gasteiger partial charge in [-0.05, 0) is 55.7 Å². The molecule has 28 heavy (non-hydrogen) atoms. The fourth-order valence-corrected chi connectivity index (χ4v) is 4.92. The predicted octanol–water partition coefficient (Wildman–Crippen LogP) is 2.84. The van der Waals surface area contributed by atoms with Gasteiger partial charge in [0.1, 0.15) is 5.75 Å². The number of carboxylic acid groups (broad SMARTS) is 1. The third kappa shape index (κ3) is 4.32. The molecular weight excluding hydrogens is 356 g/mol. The van der Waals surface area contributed by atoms with Crippen LogP contribution in [0.5, 0.6) is 5.75 Å². The van der Waals surface area contributed by atoms with Gasteiger partial charge in [0.25, 0.3) is 0 Å². The van der Waals surface area contributed by atoms with E-state index in [1.54, 1.807) is 12.0 Å². The number of hydrogen-bond acceptors (Lipinski definition) is 4. The van der Waals surface area contributed by atoms with Gasteiger partial charge in [0, 0.05) is 13.1 Å². The summed E-state index contributed by atoms with van der Waals surface area (Å²) in [6, 6.07) is 6.94. The van der Waals surface area contributed by atoms with Gasteiger partial charge in [-0.2, -0.15) is 0 Å². The number of carbonyl (C=O) groups excluding carboxylic acids is 1. The Kier molecular flexibility index (Phi) is 6.60. The number of nitrogens with zero attached hydrogens (tertiary/aromatic N) is 1. The first-order valence-electron chi connectivity index (χ1n) is 10.4. The van der Waals surface area contributed by atoms with E-state index in [1.807, 2.05) is 24.3 Å². The summed E-state index contributed by atoms with van der Waals surface area (Å²) < 4.78 is 5.15. The Bertz CT molecular complexity index is 674. The second kappa shape index (κ2) is 8.95. The maximum absolute atomic E-state index is 12.8. The molecule has 2 aliphatic rings. The average Bonchev–Trinajstić information content (AvgIpc) is 2.74. The molecule has 6 nitrogen and oxygen atoms in total. The van der Waals surface area contributed by atoms with Crippen LogP contribution in [0, 0.1) is 11.3 Å². The van der Waals surface area contributed by atoms with E-state index < -0.39 is 17.4 Å². The average molecular weight is 389 g/mol. The highest BCUT2D eigenvalue weighted by atomic mass is 16.5. The van der Waals surface area contributed by atoms with Gasteiger partial charge in [0.15, 0.2) is 0 Å². The smallest absolute Gasteiger partial charge is 0.310 e. The SMILES string of the molecule is COc1ccc(C[C@@H](N)C(=O)N2CCC(C(=O)O)(C3CCCCC3)CC2)cc1. The summed E-state index contributed by atoms with van der Waals surface area (Å²) in [4.78, 5) is 26.7. The van der Waals surface area contributed by atoms with Crippen LogP contribution in [0.3, 0.4) is 0 Å². The lowest BCUT2D eigenvalue weighted by atomic mass is 9.64. The zero-order valence-electron chi connectivity index (χ0n) is 16.7. The standard InChI is InChI=1S/C22H32N2O4/c1-28-18-9-7-16(8-10-18)15-19(23)20(25)24-13-11-22(12-14-24,21(26)27)17-5-3-2-4-6-17/h7-10,17,19H,2-6,11-15,23H2,1H3,(H,26,27)/t19-/m1/s1. The van der Waals surface area contributed by atoms with Crippen LogP contribution in [0.4, 0.5) is 0 Å². The van der Waals surface area contributed by atoms with Gasteiger partial charge in [-0.1, -0.05) is 31.4 Å². The molecule has 1 saturated carbocycles. The molecule has 0 aromatic heterocycles. The van der Waals surface area contributed by atoms with Gasteiger partial charge in [0.2, 0.25) is 5.91 Å². The number of piperidine rings is 1. The Hall–Kier alpha value is -2.08. The Balaban J connectivity index is 1.59. The van der Waals surface area contributed by atoms with E-state index in [0.29, 0.717) is 32.4 Å². The monoisotopic (exact) mass is 388 g/mol. The molecule has 3 rings (SSSR count). The van der Waals surface area contributed by atoms with E-state index in [4.69, 9.17) is 10.5 Å². The number of carboxylic acids is 1. The van der Waals surface area contributed by atoms with Gasteiger partial charge < -0.3 is 20.5 Å². The van der Waals surface area contributed by atoms with Crippen LogP contribution < -0.4 is 10.5 Å². The van der Waals surface area contributed by atoms with E-state index >= 15 is 0 Å². The number of nitrogens with two attached hydrogens (primary N) is 1. The van der Waals surface area contributed by atoms with E-state index in [1.165, 1.54) is 6.42 Å². The van der Waals surface area contributed by atoms with Crippen molar-refractivity contribution < 1.29 is 19.4 Å². The Morgan fingerprint density at radius 2 is 1.79 bits per heavy atom. The van der Waals surface area contributed by atoms with Gasteiger partial charge in [-0.3, -0.25) is 9.59 Å². The van der Waals surface area contributed by atoms with Gasteiger partial charge in [-0.25, -0.2) is 0 Å². The van der Waals surface area contributed by atoms with Crippen molar-refractivity contribution in [3.05, 3.63) is 29.8 Å². The highest BCUT2D eigenvalue weighted by Crippen LogP contribution is 2.46. The van der Waals surface area contributed by atoms with Crippen molar-refractivity contribution in [2.24, 2.45) is 17.1 Å². The lowest BCUT2D eigenvalue weighted by Crippen LogP contribution is -2.53. The summed E-state index contributed by atoms with van der Waals surface area (Å²) in [5.74, 6) is 0.240. The van der Waals surface area contributed by atoms with Crippen LogP contribution in [0.15, 0.2) is 24.3 Å². The third-order valence-corrected chi connectivity index (χ3v) is 6.71. The molecule has 0 spiro atoms. The topological polar surface area (TPSA) is 92.9 Å². The predicted molar refractivity (Wildman–Crippen MR) is 107 cm³/mol. The summed E-state index contributed by atoms with van der Waals surface area (Å²) in [5.41, 5.74) is 6.50. The molecule has 1 saturated heterocycles. The summed E-state index contributed by atoms with van der Waals surface area (Å²) in [6.45, 7) is 0.968. The van der Waals surface area contributed by atoms with Gasteiger partial charge in [0.05, 0.1) is 18.6 Å². The Morgan fingerprint density at radius 1 is 1.18 bits per heavy atom. The van der Waals surface area contributed by atoms with E-state index in [0.717, 1.165) is 37.0 Å². The summed E-state index contributed by atoms with van der Waals surface area (Å²) in [5, 5.41) is 9.97. The molecule has 0 unspecified atom stereocenters. The van der Waals surface area contributed by atoms with Gasteiger partial charge >= 0.3 is 5.97 Å². The first-order valence-corrected chi connectivity index (χ1v) is 10.4. The minimum absolute atomic E-state index is 0.0848. The largest absolute Gasteiger partial charge is 0.497 e. The van der Waals surface area contributed by atoms with Crippen molar-refractivity contribution in [1.82, 2.24) is 4.90 Å². The zero-order chi connectivity index (χ0) is 20.1. The van der Waals surface area contributed by atoms with Crippen molar-refractivity contribution in [1.29, 1.82) is 0 Å². The molecule has 2 fully saturated rings. The molecule has 1 heterocycles. The molecule has 0 bridgehead atoms. The number of likely N-dealkylation sites (tertiary alicyclic amines) is 1. The molecule has 154 valence electrons. The molecule has 6 heteroatoms. The highest BCUT2D eigenvalue weighted by molar-refractivity contribution is 5.83. The Labute approximate surface area is 167 Å². The van der Waals surface area contributed by atoms with Crippen molar-refractivity contribution in [3.8, 4) is 5.75 Å². The minimum Gasteiger partial charge on any atom is -0.497 e. The number of aliphatic carboxylic acids is 1. The van der Waals surface area contributed by atoms with Crippen LogP contribution in [0.1, 0.15) is 50.5 Å². The number of ether oxygens (including phenoxy) is 1. The van der Waals surface area contributed by atoms with Crippen molar-refractivity contribution in [2.45, 2.75) is 57.4 Å². The normalized spacial score (nSPS) is 21.1. The van der Waals surface area contributed by atoms with Crippen LogP contribution >= 0.6 is 0 Å². The first kappa shape index (κ1) is 20.6. The number of hydrogen-bond donors (Lipinski definition) is 2. The molecular formula is C22H32N2O4. The van der Waals surface area contributed by atoms with Crippen molar-refractivity contribution in [2.75, 3.05) is 20.2 Å². The zero-order valence-corrected chi connectivity index (χ0v) is 16.7. The molecule has 1 aromatic rings. The maximum atomic E-state index is 12.8. The Morgan fingerprint density at radius 3 is 2.32 bits per heavy atom. The third-order valence-electron chi connectivity index (χ3n) is 6.71. The molecule has 1 aromatic carbocycles. The minimum atomic E-state index is -0.686. The molecule has 1 atom stereocenters. The van der Waals surface area contributed by atoms with E-state index in [9.17, 15) is 14.7 Å². The lowest BCUT2D eigenvalue weighted by molar-refractivity contribution is -0.160. The van der Waals surface area contributed by atoms with Crippen molar-refractivity contribution in [3.63, 3.8) is 0 Å². The van der Waals surface area contributed by atoms with Crippen molar-refractivity contribution >= 4 is 11.9 Å². The van der Waals surface area contributed by atoms with Crippen LogP contribution in [0.25, 0.3) is 0 Å². The fourth-order valence-electron chi connectivity index (χ4n) is 4.92. The molecule has 3 N–H and O–H groups in total. The maximum Gasteiger partial charge on any atom is 0.310 e. The molecule has 1 aliphatic carbocycles. The first-order chi connectivity index (χ1) is 13.5. The second-order valence-corrected chi connectivity index (χ2v) is 8.28. The van der Waals surface area contributed by atoms with Gasteiger partial charge in [-0.15, -0.1) is 0 Å². The van der Waals surface area contributed by atoms with E-state index in [2.05, 4.69) is 0 Å². The van der Waals surface area contributed by atoms with Crippen LogP contribution in [0.2, 0.25) is 0 Å².